The van der Waals surface area contributed by atoms with Gasteiger partial charge in [-0.2, -0.15) is 0 Å². The van der Waals surface area contributed by atoms with Crippen LogP contribution >= 0.6 is 15.9 Å². The maximum atomic E-state index is 11.9. The summed E-state index contributed by atoms with van der Waals surface area (Å²) in [4.78, 5) is 25.3. The minimum atomic E-state index is -0.459. The lowest BCUT2D eigenvalue weighted by Crippen LogP contribution is -2.44. The van der Waals surface area contributed by atoms with Gasteiger partial charge in [0.05, 0.1) is 13.2 Å². The van der Waals surface area contributed by atoms with Gasteiger partial charge in [-0.05, 0) is 24.3 Å². The van der Waals surface area contributed by atoms with Gasteiger partial charge in [0.2, 0.25) is 5.78 Å². The predicted octanol–water partition coefficient (Wildman–Crippen LogP) is 1.49. The third-order valence-corrected chi connectivity index (χ3v) is 3.13. The van der Waals surface area contributed by atoms with Crippen LogP contribution in [0.25, 0.3) is 0 Å². The van der Waals surface area contributed by atoms with Gasteiger partial charge < -0.3 is 9.64 Å². The van der Waals surface area contributed by atoms with Crippen LogP contribution in [0.15, 0.2) is 28.7 Å². The van der Waals surface area contributed by atoms with Crippen molar-refractivity contribution >= 4 is 27.6 Å². The van der Waals surface area contributed by atoms with E-state index in [1.807, 2.05) is 0 Å². The smallest absolute Gasteiger partial charge is 0.295 e. The summed E-state index contributed by atoms with van der Waals surface area (Å²) in [7, 11) is 0. The monoisotopic (exact) mass is 297 g/mol. The van der Waals surface area contributed by atoms with Crippen molar-refractivity contribution in [1.82, 2.24) is 4.90 Å². The van der Waals surface area contributed by atoms with Gasteiger partial charge in [0.1, 0.15) is 0 Å². The van der Waals surface area contributed by atoms with E-state index in [4.69, 9.17) is 4.74 Å². The molecule has 1 aliphatic heterocycles. The Bertz CT molecular complexity index is 424. The van der Waals surface area contributed by atoms with E-state index in [2.05, 4.69) is 15.9 Å². The second-order valence-electron chi connectivity index (χ2n) is 3.74. The summed E-state index contributed by atoms with van der Waals surface area (Å²) in [5.41, 5.74) is 0.421. The Labute approximate surface area is 108 Å². The van der Waals surface area contributed by atoms with Crippen LogP contribution in [0.3, 0.4) is 0 Å². The molecule has 0 aliphatic carbocycles. The fourth-order valence-corrected chi connectivity index (χ4v) is 1.90. The van der Waals surface area contributed by atoms with Crippen LogP contribution < -0.4 is 0 Å². The third kappa shape index (κ3) is 2.92. The van der Waals surface area contributed by atoms with Gasteiger partial charge in [0, 0.05) is 23.1 Å². The van der Waals surface area contributed by atoms with Gasteiger partial charge in [-0.15, -0.1) is 0 Å². The number of ketones is 1. The molecule has 1 aromatic carbocycles. The molecular formula is C12H12BrNO3. The van der Waals surface area contributed by atoms with Gasteiger partial charge in [-0.3, -0.25) is 9.59 Å². The molecule has 0 N–H and O–H groups in total. The highest BCUT2D eigenvalue weighted by atomic mass is 79.9. The van der Waals surface area contributed by atoms with E-state index < -0.39 is 11.7 Å². The zero-order valence-electron chi connectivity index (χ0n) is 9.19. The van der Waals surface area contributed by atoms with Gasteiger partial charge in [0.15, 0.2) is 0 Å². The lowest BCUT2D eigenvalue weighted by molar-refractivity contribution is -0.130. The topological polar surface area (TPSA) is 46.6 Å². The molecule has 1 amide bonds. The molecule has 1 aliphatic rings. The lowest BCUT2D eigenvalue weighted by atomic mass is 10.1. The van der Waals surface area contributed by atoms with E-state index >= 15 is 0 Å². The minimum absolute atomic E-state index is 0.421. The Morgan fingerprint density at radius 2 is 1.71 bits per heavy atom. The van der Waals surface area contributed by atoms with Crippen LogP contribution in [0.4, 0.5) is 0 Å². The third-order valence-electron chi connectivity index (χ3n) is 2.60. The summed E-state index contributed by atoms with van der Waals surface area (Å²) < 4.78 is 6.02. The van der Waals surface area contributed by atoms with Gasteiger partial charge in [-0.25, -0.2) is 0 Å². The Kier molecular flexibility index (Phi) is 3.91. The van der Waals surface area contributed by atoms with E-state index in [0.717, 1.165) is 4.47 Å². The minimum Gasteiger partial charge on any atom is -0.378 e. The Morgan fingerprint density at radius 3 is 2.29 bits per heavy atom. The first kappa shape index (κ1) is 12.3. The molecule has 0 aromatic heterocycles. The van der Waals surface area contributed by atoms with E-state index in [1.165, 1.54) is 4.90 Å². The maximum Gasteiger partial charge on any atom is 0.295 e. The zero-order chi connectivity index (χ0) is 12.3. The maximum absolute atomic E-state index is 11.9. The van der Waals surface area contributed by atoms with E-state index in [9.17, 15) is 9.59 Å². The quantitative estimate of drug-likeness (QED) is 0.614. The molecule has 0 radical (unpaired) electrons. The van der Waals surface area contributed by atoms with Crippen LogP contribution in [-0.4, -0.2) is 42.9 Å². The van der Waals surface area contributed by atoms with Gasteiger partial charge in [0.25, 0.3) is 5.91 Å². The number of halogens is 1. The van der Waals surface area contributed by atoms with E-state index in [1.54, 1.807) is 24.3 Å². The first-order chi connectivity index (χ1) is 8.18. The van der Waals surface area contributed by atoms with E-state index in [0.29, 0.717) is 31.9 Å². The van der Waals surface area contributed by atoms with Crippen LogP contribution in [0.1, 0.15) is 10.4 Å². The molecule has 5 heteroatoms. The SMILES string of the molecule is O=C(C(=O)N1CCOCC1)c1ccc(Br)cc1. The molecule has 1 saturated heterocycles. The van der Waals surface area contributed by atoms with Crippen molar-refractivity contribution in [3.8, 4) is 0 Å². The van der Waals surface area contributed by atoms with Crippen molar-refractivity contribution < 1.29 is 14.3 Å². The second kappa shape index (κ2) is 5.42. The number of hydrogen-bond donors (Lipinski definition) is 0. The number of Topliss-reactive ketones (excluding diaryl/α,β-unsaturated/α-hetero) is 1. The predicted molar refractivity (Wildman–Crippen MR) is 65.9 cm³/mol. The second-order valence-corrected chi connectivity index (χ2v) is 4.66. The summed E-state index contributed by atoms with van der Waals surface area (Å²) in [6.07, 6.45) is 0. The normalized spacial score (nSPS) is 15.7. The number of morpholine rings is 1. The van der Waals surface area contributed by atoms with Crippen molar-refractivity contribution in [2.45, 2.75) is 0 Å². The molecule has 0 spiro atoms. The van der Waals surface area contributed by atoms with Crippen molar-refractivity contribution in [3.63, 3.8) is 0 Å². The van der Waals surface area contributed by atoms with Crippen LogP contribution in [0.2, 0.25) is 0 Å². The van der Waals surface area contributed by atoms with Crippen LogP contribution in [0.5, 0.6) is 0 Å². The summed E-state index contributed by atoms with van der Waals surface area (Å²) in [5, 5.41) is 0. The summed E-state index contributed by atoms with van der Waals surface area (Å²) >= 11 is 3.29. The molecule has 17 heavy (non-hydrogen) atoms. The lowest BCUT2D eigenvalue weighted by Gasteiger charge is -2.26. The average Bonchev–Trinajstić information content (AvgIpc) is 2.39. The molecule has 1 fully saturated rings. The molecule has 0 bridgehead atoms. The number of nitrogens with zero attached hydrogens (tertiary/aromatic N) is 1. The molecule has 1 aromatic rings. The molecule has 0 unspecified atom stereocenters. The largest absolute Gasteiger partial charge is 0.378 e. The highest BCUT2D eigenvalue weighted by Gasteiger charge is 2.24. The number of rotatable bonds is 2. The number of benzene rings is 1. The molecule has 1 heterocycles. The highest BCUT2D eigenvalue weighted by Crippen LogP contribution is 2.12. The molecular weight excluding hydrogens is 286 g/mol. The first-order valence-corrected chi connectivity index (χ1v) is 6.15. The van der Waals surface area contributed by atoms with Crippen molar-refractivity contribution in [2.24, 2.45) is 0 Å². The molecule has 2 rings (SSSR count). The molecule has 0 atom stereocenters. The summed E-state index contributed by atoms with van der Waals surface area (Å²) in [5.74, 6) is -0.907. The van der Waals surface area contributed by atoms with E-state index in [-0.39, 0.29) is 0 Å². The fraction of sp³-hybridized carbons (Fsp3) is 0.333. The highest BCUT2D eigenvalue weighted by molar-refractivity contribution is 9.10. The van der Waals surface area contributed by atoms with Crippen molar-refractivity contribution in [1.29, 1.82) is 0 Å². The van der Waals surface area contributed by atoms with Crippen molar-refractivity contribution in [2.75, 3.05) is 26.3 Å². The molecule has 4 nitrogen and oxygen atoms in total. The average molecular weight is 298 g/mol. The number of ether oxygens (including phenoxy) is 1. The number of carbonyl (C=O) groups excluding carboxylic acids is 2. The molecule has 90 valence electrons. The number of hydrogen-bond acceptors (Lipinski definition) is 3. The van der Waals surface area contributed by atoms with Gasteiger partial charge in [-0.1, -0.05) is 15.9 Å². The Morgan fingerprint density at radius 1 is 1.12 bits per heavy atom. The van der Waals surface area contributed by atoms with Crippen LogP contribution in [-0.2, 0) is 9.53 Å². The fourth-order valence-electron chi connectivity index (χ4n) is 1.63. The first-order valence-electron chi connectivity index (χ1n) is 5.35. The number of amides is 1. The Hall–Kier alpha value is -1.20. The summed E-state index contributed by atoms with van der Waals surface area (Å²) in [6, 6.07) is 6.79. The zero-order valence-corrected chi connectivity index (χ0v) is 10.8. The summed E-state index contributed by atoms with van der Waals surface area (Å²) in [6.45, 7) is 1.97. The Balaban J connectivity index is 2.08. The van der Waals surface area contributed by atoms with Crippen LogP contribution in [0, 0.1) is 0 Å². The standard InChI is InChI=1S/C12H12BrNO3/c13-10-3-1-9(2-4-10)11(15)12(16)14-5-7-17-8-6-14/h1-4H,5-8H2. The van der Waals surface area contributed by atoms with Crippen molar-refractivity contribution in [3.05, 3.63) is 34.3 Å². The number of carbonyl (C=O) groups is 2. The van der Waals surface area contributed by atoms with Gasteiger partial charge >= 0.3 is 0 Å². The molecule has 0 saturated carbocycles.